The molecule has 4 rings (SSSR count). The van der Waals surface area contributed by atoms with Crippen LogP contribution < -0.4 is 10.1 Å². The fourth-order valence-electron chi connectivity index (χ4n) is 3.84. The topological polar surface area (TPSA) is 56.2 Å². The first-order valence-corrected chi connectivity index (χ1v) is 11.5. The maximum atomic E-state index is 12.6. The van der Waals surface area contributed by atoms with Crippen molar-refractivity contribution in [3.63, 3.8) is 0 Å². The number of amides is 1. The Kier molecular flexibility index (Phi) is 7.08. The van der Waals surface area contributed by atoms with Crippen LogP contribution >= 0.6 is 0 Å². The number of hydrogen-bond acceptors (Lipinski definition) is 3. The van der Waals surface area contributed by atoms with Crippen LogP contribution in [0.15, 0.2) is 72.8 Å². The van der Waals surface area contributed by atoms with E-state index in [1.165, 1.54) is 5.56 Å². The summed E-state index contributed by atoms with van der Waals surface area (Å²) in [5, 5.41) is 3.01. The number of carbonyl (C=O) groups excluding carboxylic acids is 1. The Labute approximate surface area is 195 Å². The molecule has 1 N–H and O–H groups in total. The van der Waals surface area contributed by atoms with Gasteiger partial charge in [-0.3, -0.25) is 4.79 Å². The second-order valence-corrected chi connectivity index (χ2v) is 8.64. The largest absolute Gasteiger partial charge is 0.494 e. The average Bonchev–Trinajstić information content (AvgIpc) is 3.18. The Hall–Kier alpha value is -3.60. The average molecular weight is 442 g/mol. The lowest BCUT2D eigenvalue weighted by atomic mass is 10.0. The van der Waals surface area contributed by atoms with Crippen molar-refractivity contribution in [2.45, 2.75) is 46.2 Å². The van der Waals surface area contributed by atoms with E-state index in [1.807, 2.05) is 61.5 Å². The normalized spacial score (nSPS) is 11.2. The van der Waals surface area contributed by atoms with E-state index >= 15 is 0 Å². The van der Waals surface area contributed by atoms with E-state index in [0.717, 1.165) is 41.1 Å². The fraction of sp³-hybridized carbons (Fsp3) is 0.286. The maximum Gasteiger partial charge on any atom is 0.251 e. The molecule has 0 aliphatic carbocycles. The third kappa shape index (κ3) is 5.61. The zero-order valence-corrected chi connectivity index (χ0v) is 19.5. The number of imidazole rings is 1. The molecule has 4 aromatic rings. The number of benzene rings is 3. The summed E-state index contributed by atoms with van der Waals surface area (Å²) in [7, 11) is 0. The summed E-state index contributed by atoms with van der Waals surface area (Å²) in [4.78, 5) is 17.3. The van der Waals surface area contributed by atoms with Crippen molar-refractivity contribution >= 4 is 16.9 Å². The minimum Gasteiger partial charge on any atom is -0.494 e. The van der Waals surface area contributed by atoms with Crippen LogP contribution in [-0.4, -0.2) is 22.1 Å². The smallest absolute Gasteiger partial charge is 0.251 e. The first-order valence-electron chi connectivity index (χ1n) is 11.5. The molecule has 0 spiro atoms. The van der Waals surface area contributed by atoms with Crippen LogP contribution in [0.5, 0.6) is 5.75 Å². The van der Waals surface area contributed by atoms with Gasteiger partial charge in [-0.05, 0) is 61.2 Å². The maximum absolute atomic E-state index is 12.6. The number of para-hydroxylation sites is 2. The number of aromatic nitrogens is 2. The summed E-state index contributed by atoms with van der Waals surface area (Å²) in [6.45, 7) is 8.13. The van der Waals surface area contributed by atoms with Gasteiger partial charge in [-0.2, -0.15) is 0 Å². The number of carbonyl (C=O) groups is 1. The van der Waals surface area contributed by atoms with Crippen molar-refractivity contribution in [3.8, 4) is 5.75 Å². The number of fused-ring (bicyclic) bond motifs is 1. The molecular weight excluding hydrogens is 410 g/mol. The monoisotopic (exact) mass is 441 g/mol. The van der Waals surface area contributed by atoms with E-state index in [2.05, 4.69) is 41.9 Å². The second-order valence-electron chi connectivity index (χ2n) is 8.64. The Morgan fingerprint density at radius 3 is 2.45 bits per heavy atom. The third-order valence-electron chi connectivity index (χ3n) is 5.80. The number of aryl methyl sites for hydroxylation is 2. The van der Waals surface area contributed by atoms with Crippen LogP contribution in [0.25, 0.3) is 11.0 Å². The first-order chi connectivity index (χ1) is 16.0. The van der Waals surface area contributed by atoms with Crippen LogP contribution in [0, 0.1) is 6.92 Å². The minimum absolute atomic E-state index is 0.0956. The van der Waals surface area contributed by atoms with Crippen LogP contribution in [0.1, 0.15) is 53.5 Å². The zero-order valence-electron chi connectivity index (χ0n) is 19.5. The molecule has 5 heteroatoms. The molecule has 0 atom stereocenters. The van der Waals surface area contributed by atoms with Crippen LogP contribution in [0.3, 0.4) is 0 Å². The molecule has 0 aliphatic heterocycles. The molecule has 0 radical (unpaired) electrons. The SMILES string of the molecule is Cc1ccc(C(=O)NCc2nc3ccccc3n2CCCOc2ccc(C(C)C)cc2)cc1. The minimum atomic E-state index is -0.0956. The molecule has 0 unspecified atom stereocenters. The van der Waals surface area contributed by atoms with E-state index < -0.39 is 0 Å². The number of hydrogen-bond donors (Lipinski definition) is 1. The molecule has 1 heterocycles. The molecule has 33 heavy (non-hydrogen) atoms. The fourth-order valence-corrected chi connectivity index (χ4v) is 3.84. The molecule has 3 aromatic carbocycles. The van der Waals surface area contributed by atoms with E-state index in [4.69, 9.17) is 9.72 Å². The van der Waals surface area contributed by atoms with Gasteiger partial charge in [0, 0.05) is 12.1 Å². The van der Waals surface area contributed by atoms with Crippen LogP contribution in [0.4, 0.5) is 0 Å². The Balaban J connectivity index is 1.39. The first kappa shape index (κ1) is 22.6. The predicted octanol–water partition coefficient (Wildman–Crippen LogP) is 5.87. The van der Waals surface area contributed by atoms with Gasteiger partial charge in [0.15, 0.2) is 0 Å². The highest BCUT2D eigenvalue weighted by molar-refractivity contribution is 5.94. The van der Waals surface area contributed by atoms with Crippen molar-refractivity contribution in [1.29, 1.82) is 0 Å². The molecule has 0 saturated carbocycles. The Morgan fingerprint density at radius 2 is 1.73 bits per heavy atom. The number of rotatable bonds is 9. The standard InChI is InChI=1S/C28H31N3O2/c1-20(2)22-13-15-24(16-14-22)33-18-6-17-31-26-8-5-4-7-25(26)30-27(31)19-29-28(32)23-11-9-21(3)10-12-23/h4-5,7-16,20H,6,17-19H2,1-3H3,(H,29,32). The quantitative estimate of drug-likeness (QED) is 0.331. The van der Waals surface area contributed by atoms with Crippen LogP contribution in [-0.2, 0) is 13.1 Å². The molecule has 5 nitrogen and oxygen atoms in total. The van der Waals surface area contributed by atoms with E-state index in [0.29, 0.717) is 24.6 Å². The summed E-state index contributed by atoms with van der Waals surface area (Å²) in [5.74, 6) is 2.15. The summed E-state index contributed by atoms with van der Waals surface area (Å²) in [5.41, 5.74) is 5.09. The summed E-state index contributed by atoms with van der Waals surface area (Å²) >= 11 is 0. The second kappa shape index (κ2) is 10.3. The number of nitrogens with zero attached hydrogens (tertiary/aromatic N) is 2. The molecular formula is C28H31N3O2. The highest BCUT2D eigenvalue weighted by atomic mass is 16.5. The number of nitrogens with one attached hydrogen (secondary N) is 1. The number of ether oxygens (including phenoxy) is 1. The highest BCUT2D eigenvalue weighted by Gasteiger charge is 2.12. The Bertz CT molecular complexity index is 1210. The van der Waals surface area contributed by atoms with Gasteiger partial charge in [-0.25, -0.2) is 4.98 Å². The Morgan fingerprint density at radius 1 is 1.00 bits per heavy atom. The van der Waals surface area contributed by atoms with Crippen LogP contribution in [0.2, 0.25) is 0 Å². The van der Waals surface area contributed by atoms with Gasteiger partial charge in [0.25, 0.3) is 5.91 Å². The lowest BCUT2D eigenvalue weighted by Crippen LogP contribution is -2.25. The summed E-state index contributed by atoms with van der Waals surface area (Å²) in [6, 6.07) is 24.0. The molecule has 0 aliphatic rings. The van der Waals surface area contributed by atoms with Gasteiger partial charge in [0.05, 0.1) is 24.2 Å². The molecule has 1 aromatic heterocycles. The van der Waals surface area contributed by atoms with Crippen molar-refractivity contribution in [2.75, 3.05) is 6.61 Å². The van der Waals surface area contributed by atoms with E-state index in [-0.39, 0.29) is 5.91 Å². The van der Waals surface area contributed by atoms with E-state index in [9.17, 15) is 4.79 Å². The molecule has 0 bridgehead atoms. The lowest BCUT2D eigenvalue weighted by Gasteiger charge is -2.12. The van der Waals surface area contributed by atoms with Crippen molar-refractivity contribution < 1.29 is 9.53 Å². The van der Waals surface area contributed by atoms with Gasteiger partial charge in [-0.1, -0.05) is 55.8 Å². The molecule has 1 amide bonds. The van der Waals surface area contributed by atoms with Crippen molar-refractivity contribution in [2.24, 2.45) is 0 Å². The zero-order chi connectivity index (χ0) is 23.2. The van der Waals surface area contributed by atoms with E-state index in [1.54, 1.807) is 0 Å². The van der Waals surface area contributed by atoms with Gasteiger partial charge in [0.2, 0.25) is 0 Å². The van der Waals surface area contributed by atoms with Gasteiger partial charge in [0.1, 0.15) is 11.6 Å². The molecule has 0 saturated heterocycles. The highest BCUT2D eigenvalue weighted by Crippen LogP contribution is 2.20. The predicted molar refractivity (Wildman–Crippen MR) is 133 cm³/mol. The van der Waals surface area contributed by atoms with Crippen molar-refractivity contribution in [1.82, 2.24) is 14.9 Å². The van der Waals surface area contributed by atoms with Gasteiger partial charge >= 0.3 is 0 Å². The third-order valence-corrected chi connectivity index (χ3v) is 5.80. The molecule has 170 valence electrons. The van der Waals surface area contributed by atoms with Gasteiger partial charge < -0.3 is 14.6 Å². The molecule has 0 fully saturated rings. The lowest BCUT2D eigenvalue weighted by molar-refractivity contribution is 0.0949. The van der Waals surface area contributed by atoms with Crippen molar-refractivity contribution in [3.05, 3.63) is 95.3 Å². The summed E-state index contributed by atoms with van der Waals surface area (Å²) < 4.78 is 8.13. The summed E-state index contributed by atoms with van der Waals surface area (Å²) in [6.07, 6.45) is 0.838. The van der Waals surface area contributed by atoms with Gasteiger partial charge in [-0.15, -0.1) is 0 Å².